The summed E-state index contributed by atoms with van der Waals surface area (Å²) in [7, 11) is 0. The molecule has 0 spiro atoms. The van der Waals surface area contributed by atoms with Crippen LogP contribution < -0.4 is 5.32 Å². The Morgan fingerprint density at radius 1 is 1.32 bits per heavy atom. The molecule has 2 aromatic heterocycles. The van der Waals surface area contributed by atoms with Crippen LogP contribution in [0.15, 0.2) is 45.7 Å². The summed E-state index contributed by atoms with van der Waals surface area (Å²) in [5.41, 5.74) is 0.921. The number of hydrogen-bond acceptors (Lipinski definition) is 5. The molecule has 0 bridgehead atoms. The van der Waals surface area contributed by atoms with Crippen molar-refractivity contribution in [2.24, 2.45) is 0 Å². The second kappa shape index (κ2) is 5.24. The van der Waals surface area contributed by atoms with Crippen LogP contribution in [0.3, 0.4) is 0 Å². The summed E-state index contributed by atoms with van der Waals surface area (Å²) >= 11 is 0. The van der Waals surface area contributed by atoms with Gasteiger partial charge in [-0.3, -0.25) is 0 Å². The fraction of sp³-hybridized carbons (Fsp3) is 0.286. The Bertz CT molecular complexity index is 613. The molecule has 0 saturated heterocycles. The zero-order valence-corrected chi connectivity index (χ0v) is 10.7. The van der Waals surface area contributed by atoms with Crippen molar-refractivity contribution in [3.63, 3.8) is 0 Å². The zero-order chi connectivity index (χ0) is 13.1. The van der Waals surface area contributed by atoms with Gasteiger partial charge in [0, 0.05) is 18.4 Å². The quantitative estimate of drug-likeness (QED) is 0.761. The average molecular weight is 257 g/mol. The third-order valence-electron chi connectivity index (χ3n) is 3.08. The molecule has 0 saturated carbocycles. The average Bonchev–Trinajstić information content (AvgIpc) is 3.07. The molecule has 0 radical (unpaired) electrons. The lowest BCUT2D eigenvalue weighted by Crippen LogP contribution is -2.21. The van der Waals surface area contributed by atoms with E-state index in [0.717, 1.165) is 29.7 Å². The lowest BCUT2D eigenvalue weighted by molar-refractivity contribution is 0.406. The van der Waals surface area contributed by atoms with Crippen molar-refractivity contribution >= 4 is 11.0 Å². The topological polar surface area (TPSA) is 64.1 Å². The normalized spacial score (nSPS) is 12.9. The smallest absolute Gasteiger partial charge is 0.213 e. The van der Waals surface area contributed by atoms with E-state index in [9.17, 15) is 0 Å². The van der Waals surface area contributed by atoms with Crippen LogP contribution in [0.5, 0.6) is 0 Å². The minimum Gasteiger partial charge on any atom is -0.459 e. The Balaban J connectivity index is 1.61. The van der Waals surface area contributed by atoms with Gasteiger partial charge in [-0.15, -0.1) is 0 Å². The maximum atomic E-state index is 5.81. The first kappa shape index (κ1) is 11.9. The molecular formula is C14H15N3O2. The van der Waals surface area contributed by atoms with Crippen molar-refractivity contribution in [3.8, 4) is 0 Å². The van der Waals surface area contributed by atoms with Crippen molar-refractivity contribution in [2.45, 2.75) is 19.4 Å². The number of benzene rings is 1. The highest BCUT2D eigenvalue weighted by Gasteiger charge is 2.10. The molecule has 1 atom stereocenters. The molecule has 3 rings (SSSR count). The van der Waals surface area contributed by atoms with Crippen LogP contribution in [0, 0.1) is 0 Å². The van der Waals surface area contributed by atoms with E-state index in [1.54, 1.807) is 0 Å². The third kappa shape index (κ3) is 2.66. The molecule has 1 aromatic carbocycles. The number of nitrogens with one attached hydrogen (secondary N) is 1. The van der Waals surface area contributed by atoms with Gasteiger partial charge >= 0.3 is 0 Å². The van der Waals surface area contributed by atoms with Gasteiger partial charge < -0.3 is 14.3 Å². The first-order chi connectivity index (χ1) is 9.33. The summed E-state index contributed by atoms with van der Waals surface area (Å²) in [6, 6.07) is 10.2. The fourth-order valence-corrected chi connectivity index (χ4v) is 2.02. The number of nitrogens with zero attached hydrogens (tertiary/aromatic N) is 2. The highest BCUT2D eigenvalue weighted by Crippen LogP contribution is 2.23. The highest BCUT2D eigenvalue weighted by molar-refractivity contribution is 5.77. The zero-order valence-electron chi connectivity index (χ0n) is 10.7. The Hall–Kier alpha value is -2.14. The van der Waals surface area contributed by atoms with Gasteiger partial charge in [-0.2, -0.15) is 4.98 Å². The standard InChI is InChI=1S/C14H15N3O2/c1-10(15-7-6-14-16-9-18-17-14)13-8-11-4-2-3-5-12(11)19-13/h2-5,8-10,15H,6-7H2,1H3. The summed E-state index contributed by atoms with van der Waals surface area (Å²) in [6.07, 6.45) is 2.08. The molecule has 5 heteroatoms. The minimum absolute atomic E-state index is 0.152. The van der Waals surface area contributed by atoms with Crippen LogP contribution in [0.1, 0.15) is 24.6 Å². The van der Waals surface area contributed by atoms with E-state index in [4.69, 9.17) is 4.42 Å². The Morgan fingerprint density at radius 3 is 3.00 bits per heavy atom. The fourth-order valence-electron chi connectivity index (χ4n) is 2.02. The number of aromatic nitrogens is 2. The second-order valence-corrected chi connectivity index (χ2v) is 4.46. The molecule has 19 heavy (non-hydrogen) atoms. The Kier molecular flexibility index (Phi) is 3.29. The van der Waals surface area contributed by atoms with Crippen LogP contribution in [-0.4, -0.2) is 16.7 Å². The molecule has 0 aliphatic heterocycles. The van der Waals surface area contributed by atoms with Crippen LogP contribution in [0.4, 0.5) is 0 Å². The maximum absolute atomic E-state index is 5.81. The minimum atomic E-state index is 0.152. The number of fused-ring (bicyclic) bond motifs is 1. The van der Waals surface area contributed by atoms with E-state index in [2.05, 4.69) is 33.0 Å². The van der Waals surface area contributed by atoms with Gasteiger partial charge in [0.1, 0.15) is 11.3 Å². The van der Waals surface area contributed by atoms with Crippen molar-refractivity contribution in [1.82, 2.24) is 15.5 Å². The predicted octanol–water partition coefficient (Wildman–Crippen LogP) is 2.71. The van der Waals surface area contributed by atoms with E-state index in [0.29, 0.717) is 5.82 Å². The van der Waals surface area contributed by atoms with E-state index in [1.165, 1.54) is 6.39 Å². The molecule has 98 valence electrons. The number of rotatable bonds is 5. The van der Waals surface area contributed by atoms with E-state index < -0.39 is 0 Å². The molecule has 5 nitrogen and oxygen atoms in total. The maximum Gasteiger partial charge on any atom is 0.213 e. The molecule has 1 unspecified atom stereocenters. The van der Waals surface area contributed by atoms with Crippen LogP contribution in [0.2, 0.25) is 0 Å². The highest BCUT2D eigenvalue weighted by atomic mass is 16.5. The van der Waals surface area contributed by atoms with E-state index in [-0.39, 0.29) is 6.04 Å². The predicted molar refractivity (Wildman–Crippen MR) is 70.6 cm³/mol. The molecule has 0 fully saturated rings. The lowest BCUT2D eigenvalue weighted by Gasteiger charge is -2.09. The van der Waals surface area contributed by atoms with Gasteiger partial charge in [0.05, 0.1) is 6.04 Å². The van der Waals surface area contributed by atoms with Gasteiger partial charge in [0.25, 0.3) is 0 Å². The van der Waals surface area contributed by atoms with Gasteiger partial charge in [-0.1, -0.05) is 23.4 Å². The van der Waals surface area contributed by atoms with Crippen molar-refractivity contribution in [3.05, 3.63) is 48.3 Å². The summed E-state index contributed by atoms with van der Waals surface area (Å²) in [5, 5.41) is 8.28. The van der Waals surface area contributed by atoms with Crippen molar-refractivity contribution < 1.29 is 8.94 Å². The number of hydrogen-bond donors (Lipinski definition) is 1. The van der Waals surface area contributed by atoms with Crippen LogP contribution in [-0.2, 0) is 6.42 Å². The number of para-hydroxylation sites is 1. The van der Waals surface area contributed by atoms with Gasteiger partial charge in [0.15, 0.2) is 5.82 Å². The van der Waals surface area contributed by atoms with Crippen LogP contribution >= 0.6 is 0 Å². The Labute approximate surface area is 110 Å². The van der Waals surface area contributed by atoms with Gasteiger partial charge in [0.2, 0.25) is 6.39 Å². The summed E-state index contributed by atoms with van der Waals surface area (Å²) in [6.45, 7) is 2.85. The monoisotopic (exact) mass is 257 g/mol. The molecule has 0 amide bonds. The van der Waals surface area contributed by atoms with E-state index in [1.807, 2.05) is 24.3 Å². The summed E-state index contributed by atoms with van der Waals surface area (Å²) < 4.78 is 10.5. The van der Waals surface area contributed by atoms with E-state index >= 15 is 0 Å². The largest absolute Gasteiger partial charge is 0.459 e. The lowest BCUT2D eigenvalue weighted by atomic mass is 10.2. The molecule has 2 heterocycles. The molecule has 0 aliphatic carbocycles. The molecule has 1 N–H and O–H groups in total. The molecule has 3 aromatic rings. The van der Waals surface area contributed by atoms with Gasteiger partial charge in [-0.25, -0.2) is 0 Å². The first-order valence-electron chi connectivity index (χ1n) is 6.30. The second-order valence-electron chi connectivity index (χ2n) is 4.46. The van der Waals surface area contributed by atoms with Crippen molar-refractivity contribution in [2.75, 3.05) is 6.54 Å². The van der Waals surface area contributed by atoms with Gasteiger partial charge in [-0.05, 0) is 19.1 Å². The molecular weight excluding hydrogens is 242 g/mol. The summed E-state index contributed by atoms with van der Waals surface area (Å²) in [5.74, 6) is 1.65. The summed E-state index contributed by atoms with van der Waals surface area (Å²) in [4.78, 5) is 3.98. The Morgan fingerprint density at radius 2 is 2.21 bits per heavy atom. The van der Waals surface area contributed by atoms with Crippen LogP contribution in [0.25, 0.3) is 11.0 Å². The number of furan rings is 1. The van der Waals surface area contributed by atoms with Crippen molar-refractivity contribution in [1.29, 1.82) is 0 Å². The SMILES string of the molecule is CC(NCCc1ncon1)c1cc2ccccc2o1. The first-order valence-corrected chi connectivity index (χ1v) is 6.30. The molecule has 0 aliphatic rings. The third-order valence-corrected chi connectivity index (χ3v) is 3.08.